The Balaban J connectivity index is 2.33. The van der Waals surface area contributed by atoms with Crippen molar-refractivity contribution in [3.63, 3.8) is 0 Å². The molecule has 1 atom stereocenters. The highest BCUT2D eigenvalue weighted by Gasteiger charge is 2.12. The Kier molecular flexibility index (Phi) is 4.64. The highest BCUT2D eigenvalue weighted by atomic mass is 32.2. The quantitative estimate of drug-likeness (QED) is 0.671. The van der Waals surface area contributed by atoms with Gasteiger partial charge in [0.2, 0.25) is 5.91 Å². The number of nitrogens with two attached hydrogens (primary N) is 1. The predicted molar refractivity (Wildman–Crippen MR) is 60.6 cm³/mol. The van der Waals surface area contributed by atoms with Crippen molar-refractivity contribution < 1.29 is 4.79 Å². The molecule has 1 heterocycles. The zero-order chi connectivity index (χ0) is 11.3. The first-order chi connectivity index (χ1) is 7.15. The third-order valence-electron chi connectivity index (χ3n) is 2.11. The van der Waals surface area contributed by atoms with Gasteiger partial charge in [-0.05, 0) is 13.5 Å². The van der Waals surface area contributed by atoms with E-state index in [4.69, 9.17) is 5.73 Å². The lowest BCUT2D eigenvalue weighted by Gasteiger charge is -2.11. The average molecular weight is 228 g/mol. The second-order valence-electron chi connectivity index (χ2n) is 3.20. The van der Waals surface area contributed by atoms with Gasteiger partial charge in [0, 0.05) is 25.2 Å². The van der Waals surface area contributed by atoms with Crippen LogP contribution in [-0.4, -0.2) is 34.3 Å². The van der Waals surface area contributed by atoms with Gasteiger partial charge < -0.3 is 15.6 Å². The summed E-state index contributed by atoms with van der Waals surface area (Å²) in [5, 5.41) is 3.83. The number of primary amides is 1. The van der Waals surface area contributed by atoms with Gasteiger partial charge in [-0.2, -0.15) is 0 Å². The summed E-state index contributed by atoms with van der Waals surface area (Å²) < 4.78 is 1.95. The summed E-state index contributed by atoms with van der Waals surface area (Å²) in [6.07, 6.45) is 4.36. The zero-order valence-corrected chi connectivity index (χ0v) is 9.75. The number of rotatable bonds is 6. The summed E-state index contributed by atoms with van der Waals surface area (Å²) in [4.78, 5) is 15.1. The molecular weight excluding hydrogens is 212 g/mol. The number of hydrogen-bond donors (Lipinski definition) is 2. The molecule has 3 N–H and O–H groups in total. The number of nitrogens with zero attached hydrogens (tertiary/aromatic N) is 2. The predicted octanol–water partition coefficient (Wildman–Crippen LogP) is -0.0244. The Morgan fingerprint density at radius 2 is 2.53 bits per heavy atom. The molecule has 1 aromatic heterocycles. The largest absolute Gasteiger partial charge is 0.368 e. The van der Waals surface area contributed by atoms with Gasteiger partial charge in [0.15, 0.2) is 5.16 Å². The second kappa shape index (κ2) is 5.77. The number of aromatic nitrogens is 2. The first kappa shape index (κ1) is 12.1. The maximum Gasteiger partial charge on any atom is 0.234 e. The molecule has 0 aliphatic rings. The van der Waals surface area contributed by atoms with Gasteiger partial charge >= 0.3 is 0 Å². The number of hydrogen-bond acceptors (Lipinski definition) is 4. The highest BCUT2D eigenvalue weighted by molar-refractivity contribution is 7.99. The van der Waals surface area contributed by atoms with Crippen LogP contribution < -0.4 is 11.1 Å². The van der Waals surface area contributed by atoms with Crippen molar-refractivity contribution in [2.75, 3.05) is 12.8 Å². The van der Waals surface area contributed by atoms with E-state index in [1.165, 1.54) is 0 Å². The van der Waals surface area contributed by atoms with Crippen molar-refractivity contribution in [2.24, 2.45) is 12.8 Å². The van der Waals surface area contributed by atoms with Crippen LogP contribution in [0, 0.1) is 0 Å². The van der Waals surface area contributed by atoms with Crippen LogP contribution >= 0.6 is 11.8 Å². The van der Waals surface area contributed by atoms with Crippen LogP contribution in [0.1, 0.15) is 6.42 Å². The van der Waals surface area contributed by atoms with Crippen molar-refractivity contribution in [1.29, 1.82) is 0 Å². The summed E-state index contributed by atoms with van der Waals surface area (Å²) in [5.41, 5.74) is 5.21. The Morgan fingerprint density at radius 3 is 3.00 bits per heavy atom. The number of amides is 1. The molecule has 1 rings (SSSR count). The third kappa shape index (κ3) is 3.56. The molecular formula is C9H16N4OS. The average Bonchev–Trinajstić information content (AvgIpc) is 2.58. The molecule has 0 radical (unpaired) electrons. The molecule has 1 unspecified atom stereocenters. The number of nitrogens with one attached hydrogen (secondary N) is 1. The van der Waals surface area contributed by atoms with Gasteiger partial charge in [0.1, 0.15) is 0 Å². The van der Waals surface area contributed by atoms with Crippen LogP contribution in [0.25, 0.3) is 0 Å². The van der Waals surface area contributed by atoms with Crippen molar-refractivity contribution >= 4 is 17.7 Å². The molecule has 84 valence electrons. The van der Waals surface area contributed by atoms with Crippen molar-refractivity contribution in [3.8, 4) is 0 Å². The van der Waals surface area contributed by atoms with Gasteiger partial charge in [0.05, 0.1) is 6.04 Å². The number of imidazole rings is 1. The number of carbonyl (C=O) groups excluding carboxylic acids is 1. The minimum atomic E-state index is -0.307. The first-order valence-corrected chi connectivity index (χ1v) is 5.70. The van der Waals surface area contributed by atoms with Crippen LogP contribution in [-0.2, 0) is 11.8 Å². The fourth-order valence-corrected chi connectivity index (χ4v) is 2.12. The molecule has 15 heavy (non-hydrogen) atoms. The van der Waals surface area contributed by atoms with Crippen molar-refractivity contribution in [1.82, 2.24) is 14.9 Å². The lowest BCUT2D eigenvalue weighted by atomic mass is 10.2. The topological polar surface area (TPSA) is 72.9 Å². The van der Waals surface area contributed by atoms with Gasteiger partial charge in [-0.15, -0.1) is 0 Å². The summed E-state index contributed by atoms with van der Waals surface area (Å²) in [5.74, 6) is 0.511. The van der Waals surface area contributed by atoms with Crippen molar-refractivity contribution in [2.45, 2.75) is 17.6 Å². The van der Waals surface area contributed by atoms with E-state index in [0.29, 0.717) is 6.42 Å². The molecule has 5 nitrogen and oxygen atoms in total. The smallest absolute Gasteiger partial charge is 0.234 e. The molecule has 0 saturated heterocycles. The summed E-state index contributed by atoms with van der Waals surface area (Å²) >= 11 is 1.62. The molecule has 1 amide bonds. The summed E-state index contributed by atoms with van der Waals surface area (Å²) in [6, 6.07) is -0.252. The number of thioether (sulfide) groups is 1. The molecule has 0 aromatic carbocycles. The minimum Gasteiger partial charge on any atom is -0.368 e. The van der Waals surface area contributed by atoms with E-state index < -0.39 is 0 Å². The molecule has 0 aliphatic carbocycles. The van der Waals surface area contributed by atoms with E-state index >= 15 is 0 Å². The molecule has 0 saturated carbocycles. The normalized spacial score (nSPS) is 12.7. The third-order valence-corrected chi connectivity index (χ3v) is 3.20. The van der Waals surface area contributed by atoms with Crippen LogP contribution in [0.15, 0.2) is 17.6 Å². The van der Waals surface area contributed by atoms with E-state index in [0.717, 1.165) is 10.9 Å². The van der Waals surface area contributed by atoms with Gasteiger partial charge in [-0.25, -0.2) is 4.98 Å². The van der Waals surface area contributed by atoms with Crippen LogP contribution in [0.4, 0.5) is 0 Å². The lowest BCUT2D eigenvalue weighted by Crippen LogP contribution is -2.39. The van der Waals surface area contributed by atoms with Crippen LogP contribution in [0.5, 0.6) is 0 Å². The maximum absolute atomic E-state index is 10.9. The lowest BCUT2D eigenvalue weighted by molar-refractivity contribution is -0.119. The van der Waals surface area contributed by atoms with Gasteiger partial charge in [0.25, 0.3) is 0 Å². The van der Waals surface area contributed by atoms with Gasteiger partial charge in [-0.1, -0.05) is 11.8 Å². The second-order valence-corrected chi connectivity index (χ2v) is 4.26. The highest BCUT2D eigenvalue weighted by Crippen LogP contribution is 2.15. The Hall–Kier alpha value is -1.01. The van der Waals surface area contributed by atoms with Gasteiger partial charge in [-0.3, -0.25) is 4.79 Å². The van der Waals surface area contributed by atoms with E-state index in [2.05, 4.69) is 10.3 Å². The fraction of sp³-hybridized carbons (Fsp3) is 0.556. The molecule has 0 bridgehead atoms. The number of aryl methyl sites for hydroxylation is 1. The Labute approximate surface area is 93.4 Å². The molecule has 0 spiro atoms. The molecule has 6 heteroatoms. The summed E-state index contributed by atoms with van der Waals surface area (Å²) in [7, 11) is 3.68. The van der Waals surface area contributed by atoms with Crippen molar-refractivity contribution in [3.05, 3.63) is 12.4 Å². The maximum atomic E-state index is 10.9. The number of carbonyl (C=O) groups is 1. The van der Waals surface area contributed by atoms with Crippen LogP contribution in [0.2, 0.25) is 0 Å². The monoisotopic (exact) mass is 228 g/mol. The first-order valence-electron chi connectivity index (χ1n) is 4.72. The molecule has 0 fully saturated rings. The molecule has 1 aromatic rings. The zero-order valence-electron chi connectivity index (χ0n) is 8.93. The Morgan fingerprint density at radius 1 is 1.80 bits per heavy atom. The minimum absolute atomic E-state index is 0.252. The number of likely N-dealkylation sites (N-methyl/N-ethyl adjacent to an activating group) is 1. The standard InChI is InChI=1S/C9H16N4OS/c1-11-7(8(10)14)3-6-15-9-12-4-5-13(9)2/h4-5,7,11H,3,6H2,1-2H3,(H2,10,14). The SMILES string of the molecule is CNC(CCSc1nccn1C)C(N)=O. The Bertz CT molecular complexity index is 326. The fourth-order valence-electron chi connectivity index (χ4n) is 1.19. The van der Waals surface area contributed by atoms with Crippen LogP contribution in [0.3, 0.4) is 0 Å². The van der Waals surface area contributed by atoms with E-state index in [1.54, 1.807) is 25.0 Å². The summed E-state index contributed by atoms with van der Waals surface area (Å²) in [6.45, 7) is 0. The molecule has 0 aliphatic heterocycles. The van der Waals surface area contributed by atoms with E-state index in [9.17, 15) is 4.79 Å². The van der Waals surface area contributed by atoms with E-state index in [1.807, 2.05) is 17.8 Å². The van der Waals surface area contributed by atoms with E-state index in [-0.39, 0.29) is 11.9 Å².